The molecule has 0 radical (unpaired) electrons. The lowest BCUT2D eigenvalue weighted by atomic mass is 10.3. The van der Waals surface area contributed by atoms with E-state index in [4.69, 9.17) is 0 Å². The highest BCUT2D eigenvalue weighted by atomic mass is 32.2. The van der Waals surface area contributed by atoms with Gasteiger partial charge in [-0.3, -0.25) is 0 Å². The van der Waals surface area contributed by atoms with Gasteiger partial charge in [0.1, 0.15) is 0 Å². The molecule has 2 aromatic carbocycles. The maximum Gasteiger partial charge on any atom is 0.501 e. The Bertz CT molecular complexity index is 697. The lowest BCUT2D eigenvalue weighted by molar-refractivity contribution is -0.0435. The lowest BCUT2D eigenvalue weighted by Crippen LogP contribution is -2.24. The summed E-state index contributed by atoms with van der Waals surface area (Å²) in [6.07, 6.45) is 0. The van der Waals surface area contributed by atoms with Crippen molar-refractivity contribution in [2.24, 2.45) is 0 Å². The van der Waals surface area contributed by atoms with E-state index in [0.717, 1.165) is 6.07 Å². The first-order valence-electron chi connectivity index (χ1n) is 5.55. The van der Waals surface area contributed by atoms with Gasteiger partial charge in [0, 0.05) is 5.69 Å². The Balaban J connectivity index is 2.47. The Labute approximate surface area is 114 Å². The molecule has 0 aliphatic carbocycles. The fourth-order valence-electron chi connectivity index (χ4n) is 1.61. The third kappa shape index (κ3) is 2.77. The van der Waals surface area contributed by atoms with E-state index in [1.54, 1.807) is 30.3 Å². The van der Waals surface area contributed by atoms with E-state index in [2.05, 4.69) is 5.32 Å². The van der Waals surface area contributed by atoms with Gasteiger partial charge in [0.05, 0.1) is 10.6 Å². The largest absolute Gasteiger partial charge is 0.501 e. The number of hydrogen-bond donors (Lipinski definition) is 1. The normalized spacial score (nSPS) is 12.2. The quantitative estimate of drug-likeness (QED) is 0.939. The number of hydrogen-bond acceptors (Lipinski definition) is 3. The van der Waals surface area contributed by atoms with Gasteiger partial charge in [0.25, 0.3) is 9.84 Å². The minimum absolute atomic E-state index is 0.115. The van der Waals surface area contributed by atoms with E-state index >= 15 is 0 Å². The summed E-state index contributed by atoms with van der Waals surface area (Å²) in [5.74, 6) is 0. The average Bonchev–Trinajstić information content (AvgIpc) is 2.39. The Morgan fingerprint density at radius 2 is 1.40 bits per heavy atom. The van der Waals surface area contributed by atoms with Crippen LogP contribution in [0.1, 0.15) is 0 Å². The van der Waals surface area contributed by atoms with Gasteiger partial charge in [-0.25, -0.2) is 8.42 Å². The molecule has 0 atom stereocenters. The molecule has 0 aromatic heterocycles. The second-order valence-electron chi connectivity index (χ2n) is 3.94. The Kier molecular flexibility index (Phi) is 3.71. The zero-order valence-corrected chi connectivity index (χ0v) is 10.9. The molecule has 0 fully saturated rings. The molecule has 2 rings (SSSR count). The minimum Gasteiger partial charge on any atom is -0.354 e. The van der Waals surface area contributed by atoms with Crippen molar-refractivity contribution in [3.8, 4) is 0 Å². The van der Waals surface area contributed by atoms with Gasteiger partial charge in [-0.05, 0) is 24.3 Å². The number of anilines is 2. The molecular formula is C13H10F3NO2S. The van der Waals surface area contributed by atoms with Crippen LogP contribution in [0.3, 0.4) is 0 Å². The molecular weight excluding hydrogens is 291 g/mol. The van der Waals surface area contributed by atoms with E-state index in [0.29, 0.717) is 5.69 Å². The molecule has 0 spiro atoms. The number of para-hydroxylation sites is 2. The zero-order chi connectivity index (χ0) is 14.8. The lowest BCUT2D eigenvalue weighted by Gasteiger charge is -2.14. The smallest absolute Gasteiger partial charge is 0.354 e. The molecule has 1 N–H and O–H groups in total. The summed E-state index contributed by atoms with van der Waals surface area (Å²) in [5, 5.41) is 2.67. The van der Waals surface area contributed by atoms with Crippen molar-refractivity contribution in [3.63, 3.8) is 0 Å². The molecule has 0 aliphatic rings. The molecule has 0 saturated heterocycles. The summed E-state index contributed by atoms with van der Waals surface area (Å²) in [5.41, 5.74) is -4.95. The SMILES string of the molecule is O=S(=O)(c1ccccc1Nc1ccccc1)C(F)(F)F. The highest BCUT2D eigenvalue weighted by molar-refractivity contribution is 7.92. The van der Waals surface area contributed by atoms with Crippen LogP contribution in [0, 0.1) is 0 Å². The summed E-state index contributed by atoms with van der Waals surface area (Å²) < 4.78 is 60.9. The first kappa shape index (κ1) is 14.4. The van der Waals surface area contributed by atoms with Crippen molar-refractivity contribution in [1.82, 2.24) is 0 Å². The fourth-order valence-corrected chi connectivity index (χ4v) is 2.52. The van der Waals surface area contributed by atoms with E-state index in [9.17, 15) is 21.6 Å². The molecule has 0 heterocycles. The Morgan fingerprint density at radius 1 is 0.850 bits per heavy atom. The fraction of sp³-hybridized carbons (Fsp3) is 0.0769. The molecule has 106 valence electrons. The molecule has 2 aromatic rings. The van der Waals surface area contributed by atoms with Crippen LogP contribution in [-0.2, 0) is 9.84 Å². The average molecular weight is 301 g/mol. The van der Waals surface area contributed by atoms with Crippen molar-refractivity contribution in [1.29, 1.82) is 0 Å². The predicted octanol–water partition coefficient (Wildman–Crippen LogP) is 3.72. The van der Waals surface area contributed by atoms with E-state index < -0.39 is 20.2 Å². The molecule has 3 nitrogen and oxygen atoms in total. The highest BCUT2D eigenvalue weighted by Crippen LogP contribution is 2.35. The highest BCUT2D eigenvalue weighted by Gasteiger charge is 2.47. The first-order chi connectivity index (χ1) is 9.32. The molecule has 7 heteroatoms. The number of halogens is 3. The van der Waals surface area contributed by atoms with Gasteiger partial charge < -0.3 is 5.32 Å². The number of nitrogens with one attached hydrogen (secondary N) is 1. The van der Waals surface area contributed by atoms with Crippen LogP contribution in [0.15, 0.2) is 59.5 Å². The third-order valence-electron chi connectivity index (χ3n) is 2.53. The van der Waals surface area contributed by atoms with Crippen molar-refractivity contribution in [2.45, 2.75) is 10.4 Å². The monoisotopic (exact) mass is 301 g/mol. The molecule has 0 amide bonds. The summed E-state index contributed by atoms with van der Waals surface area (Å²) >= 11 is 0. The first-order valence-corrected chi connectivity index (χ1v) is 7.03. The second-order valence-corrected chi connectivity index (χ2v) is 5.85. The van der Waals surface area contributed by atoms with E-state index in [-0.39, 0.29) is 5.69 Å². The summed E-state index contributed by atoms with van der Waals surface area (Å²) in [7, 11) is -5.39. The van der Waals surface area contributed by atoms with Crippen molar-refractivity contribution in [2.75, 3.05) is 5.32 Å². The van der Waals surface area contributed by atoms with E-state index in [1.807, 2.05) is 0 Å². The molecule has 0 unspecified atom stereocenters. The number of benzene rings is 2. The van der Waals surface area contributed by atoms with Gasteiger partial charge in [-0.2, -0.15) is 13.2 Å². The van der Waals surface area contributed by atoms with Gasteiger partial charge in [-0.1, -0.05) is 30.3 Å². The number of sulfone groups is 1. The summed E-state index contributed by atoms with van der Waals surface area (Å²) in [6, 6.07) is 13.3. The topological polar surface area (TPSA) is 46.2 Å². The van der Waals surface area contributed by atoms with E-state index in [1.165, 1.54) is 18.2 Å². The number of rotatable bonds is 3. The molecule has 0 bridgehead atoms. The molecule has 0 aliphatic heterocycles. The van der Waals surface area contributed by atoms with Gasteiger partial charge >= 0.3 is 5.51 Å². The maximum atomic E-state index is 12.6. The molecule has 20 heavy (non-hydrogen) atoms. The van der Waals surface area contributed by atoms with Crippen LogP contribution in [0.25, 0.3) is 0 Å². The summed E-state index contributed by atoms with van der Waals surface area (Å²) in [6.45, 7) is 0. The predicted molar refractivity (Wildman–Crippen MR) is 69.4 cm³/mol. The Hall–Kier alpha value is -2.02. The second kappa shape index (κ2) is 5.16. The van der Waals surface area contributed by atoms with Crippen molar-refractivity contribution in [3.05, 3.63) is 54.6 Å². The minimum atomic E-state index is -5.39. The van der Waals surface area contributed by atoms with Gasteiger partial charge in [0.2, 0.25) is 0 Å². The van der Waals surface area contributed by atoms with Crippen LogP contribution in [0.2, 0.25) is 0 Å². The van der Waals surface area contributed by atoms with Crippen LogP contribution in [0.4, 0.5) is 24.5 Å². The third-order valence-corrected chi connectivity index (χ3v) is 4.08. The Morgan fingerprint density at radius 3 is 2.00 bits per heavy atom. The van der Waals surface area contributed by atoms with Gasteiger partial charge in [-0.15, -0.1) is 0 Å². The van der Waals surface area contributed by atoms with Crippen molar-refractivity contribution >= 4 is 21.2 Å². The number of alkyl halides is 3. The van der Waals surface area contributed by atoms with Crippen molar-refractivity contribution < 1.29 is 21.6 Å². The van der Waals surface area contributed by atoms with Crippen LogP contribution in [-0.4, -0.2) is 13.9 Å². The zero-order valence-electron chi connectivity index (χ0n) is 10.1. The summed E-state index contributed by atoms with van der Waals surface area (Å²) in [4.78, 5) is -0.795. The van der Waals surface area contributed by atoms with Crippen LogP contribution < -0.4 is 5.32 Å². The molecule has 0 saturated carbocycles. The standard InChI is InChI=1S/C13H10F3NO2S/c14-13(15,16)20(18,19)12-9-5-4-8-11(12)17-10-6-2-1-3-7-10/h1-9,17H. The van der Waals surface area contributed by atoms with Gasteiger partial charge in [0.15, 0.2) is 0 Å². The van der Waals surface area contributed by atoms with Crippen LogP contribution in [0.5, 0.6) is 0 Å². The van der Waals surface area contributed by atoms with Crippen LogP contribution >= 0.6 is 0 Å². The maximum absolute atomic E-state index is 12.6.